The molecule has 0 saturated carbocycles. The molecule has 35 heavy (non-hydrogen) atoms. The van der Waals surface area contributed by atoms with Crippen molar-refractivity contribution in [1.29, 1.82) is 0 Å². The van der Waals surface area contributed by atoms with Gasteiger partial charge in [-0.1, -0.05) is 29.6 Å². The van der Waals surface area contributed by atoms with E-state index in [2.05, 4.69) is 39.1 Å². The van der Waals surface area contributed by atoms with E-state index in [4.69, 9.17) is 10.8 Å². The molecule has 0 saturated heterocycles. The van der Waals surface area contributed by atoms with E-state index in [0.29, 0.717) is 34.2 Å². The van der Waals surface area contributed by atoms with E-state index in [9.17, 15) is 9.59 Å². The van der Waals surface area contributed by atoms with Gasteiger partial charge in [0.15, 0.2) is 17.7 Å². The highest BCUT2D eigenvalue weighted by atomic mass is 32.1. The van der Waals surface area contributed by atoms with Crippen LogP contribution in [0.1, 0.15) is 32.1 Å². The first-order chi connectivity index (χ1) is 17.1. The molecular weight excluding hydrogens is 464 g/mol. The summed E-state index contributed by atoms with van der Waals surface area (Å²) in [6.45, 7) is 4.21. The van der Waals surface area contributed by atoms with Crippen molar-refractivity contribution in [3.05, 3.63) is 83.5 Å². The maximum atomic E-state index is 11.2. The molecule has 0 aliphatic heterocycles. The lowest BCUT2D eigenvalue weighted by Gasteiger charge is -1.97. The molecule has 3 aromatic heterocycles. The standard InChI is InChI=1S/C15H13N3O2.C9H11N3S.CH4O/c1-16-8-4-2-3-7-13-14(11-20)18-9-5-6-12(10-19)15(18)17-13;1-11-5-6-2-3-7-8(4-6)13-9(10)12-7;1-2/h2-6,8-11H,1,7H2;2-4,11H,5H2,1H3,(H2,10,12);2H,1H3/b3-2-,8-4-;;. The first-order valence-corrected chi connectivity index (χ1v) is 11.3. The van der Waals surface area contributed by atoms with Gasteiger partial charge in [-0.3, -0.25) is 19.0 Å². The number of benzene rings is 1. The van der Waals surface area contributed by atoms with E-state index in [1.165, 1.54) is 16.9 Å². The van der Waals surface area contributed by atoms with Crippen LogP contribution in [0.15, 0.2) is 65.9 Å². The van der Waals surface area contributed by atoms with Crippen LogP contribution in [0.3, 0.4) is 0 Å². The molecule has 182 valence electrons. The van der Waals surface area contributed by atoms with Gasteiger partial charge in [0.1, 0.15) is 11.3 Å². The SMILES string of the molecule is C=N/C=C\C=C/Cc1nc2c(C=O)cccn2c1C=O.CNCc1ccc2nc(N)sc2c1.CO. The molecule has 1 aromatic carbocycles. The van der Waals surface area contributed by atoms with Gasteiger partial charge >= 0.3 is 0 Å². The summed E-state index contributed by atoms with van der Waals surface area (Å²) in [5.41, 5.74) is 9.90. The van der Waals surface area contributed by atoms with E-state index in [0.717, 1.165) is 36.4 Å². The number of hydrogen-bond donors (Lipinski definition) is 3. The van der Waals surface area contributed by atoms with Gasteiger partial charge in [0.05, 0.1) is 21.5 Å². The minimum absolute atomic E-state index is 0.458. The second kappa shape index (κ2) is 14.3. The molecule has 9 nitrogen and oxygen atoms in total. The van der Waals surface area contributed by atoms with Crippen LogP contribution in [-0.2, 0) is 13.0 Å². The Hall–Kier alpha value is -3.99. The third-order valence-electron chi connectivity index (χ3n) is 4.63. The van der Waals surface area contributed by atoms with Crippen molar-refractivity contribution in [3.63, 3.8) is 0 Å². The van der Waals surface area contributed by atoms with E-state index < -0.39 is 0 Å². The van der Waals surface area contributed by atoms with Gasteiger partial charge in [-0.15, -0.1) is 0 Å². The normalized spacial score (nSPS) is 10.7. The van der Waals surface area contributed by atoms with Crippen LogP contribution in [0.2, 0.25) is 0 Å². The van der Waals surface area contributed by atoms with Crippen molar-refractivity contribution in [2.75, 3.05) is 19.9 Å². The van der Waals surface area contributed by atoms with Gasteiger partial charge < -0.3 is 16.2 Å². The molecule has 0 spiro atoms. The van der Waals surface area contributed by atoms with Gasteiger partial charge in [0.25, 0.3) is 0 Å². The molecule has 0 fully saturated rings. The fourth-order valence-electron chi connectivity index (χ4n) is 3.19. The fourth-order valence-corrected chi connectivity index (χ4v) is 3.99. The van der Waals surface area contributed by atoms with E-state index in [1.54, 1.807) is 41.1 Å². The zero-order valence-corrected chi connectivity index (χ0v) is 20.4. The van der Waals surface area contributed by atoms with Crippen molar-refractivity contribution in [3.8, 4) is 0 Å². The Morgan fingerprint density at radius 3 is 2.69 bits per heavy atom. The first kappa shape index (κ1) is 27.3. The minimum Gasteiger partial charge on any atom is -0.400 e. The van der Waals surface area contributed by atoms with Crippen molar-refractivity contribution in [1.82, 2.24) is 19.7 Å². The number of aldehydes is 2. The summed E-state index contributed by atoms with van der Waals surface area (Å²) in [5, 5.41) is 10.7. The molecular formula is C25H28N6O3S. The zero-order valence-electron chi connectivity index (χ0n) is 19.6. The summed E-state index contributed by atoms with van der Waals surface area (Å²) < 4.78 is 2.78. The predicted molar refractivity (Wildman–Crippen MR) is 142 cm³/mol. The lowest BCUT2D eigenvalue weighted by Crippen LogP contribution is -2.04. The van der Waals surface area contributed by atoms with Crippen LogP contribution in [-0.4, -0.2) is 52.9 Å². The second-order valence-corrected chi connectivity index (χ2v) is 7.94. The molecule has 0 aliphatic rings. The Balaban J connectivity index is 0.000000248. The van der Waals surface area contributed by atoms with Crippen LogP contribution in [0, 0.1) is 0 Å². The number of nitrogen functional groups attached to an aromatic ring is 1. The van der Waals surface area contributed by atoms with Crippen molar-refractivity contribution < 1.29 is 14.7 Å². The Morgan fingerprint density at radius 1 is 1.20 bits per heavy atom. The molecule has 0 unspecified atom stereocenters. The zero-order chi connectivity index (χ0) is 25.6. The second-order valence-electron chi connectivity index (χ2n) is 6.88. The Morgan fingerprint density at radius 2 is 2.00 bits per heavy atom. The Kier molecular flexibility index (Phi) is 11.1. The van der Waals surface area contributed by atoms with Crippen LogP contribution >= 0.6 is 11.3 Å². The highest BCUT2D eigenvalue weighted by Gasteiger charge is 2.12. The smallest absolute Gasteiger partial charge is 0.181 e. The number of fused-ring (bicyclic) bond motifs is 2. The molecule has 0 bridgehead atoms. The molecule has 0 atom stereocenters. The number of pyridine rings is 1. The molecule has 4 aromatic rings. The molecule has 0 amide bonds. The van der Waals surface area contributed by atoms with Crippen molar-refractivity contribution in [2.45, 2.75) is 13.0 Å². The average molecular weight is 493 g/mol. The van der Waals surface area contributed by atoms with Gasteiger partial charge in [-0.05, 0) is 49.7 Å². The summed E-state index contributed by atoms with van der Waals surface area (Å²) in [5.74, 6) is 0. The molecule has 0 radical (unpaired) electrons. The maximum Gasteiger partial charge on any atom is 0.181 e. The average Bonchev–Trinajstić information content (AvgIpc) is 3.44. The highest BCUT2D eigenvalue weighted by Crippen LogP contribution is 2.24. The van der Waals surface area contributed by atoms with Crippen molar-refractivity contribution >= 4 is 51.6 Å². The molecule has 4 N–H and O–H groups in total. The largest absolute Gasteiger partial charge is 0.400 e. The Labute approximate surface area is 207 Å². The van der Waals surface area contributed by atoms with Crippen LogP contribution < -0.4 is 11.1 Å². The third kappa shape index (κ3) is 7.24. The number of nitrogens with one attached hydrogen (secondary N) is 1. The number of anilines is 1. The predicted octanol–water partition coefficient (Wildman–Crippen LogP) is 3.48. The van der Waals surface area contributed by atoms with Crippen LogP contribution in [0.25, 0.3) is 15.9 Å². The maximum absolute atomic E-state index is 11.2. The number of aliphatic hydroxyl groups is 1. The number of rotatable bonds is 8. The molecule has 4 rings (SSSR count). The van der Waals surface area contributed by atoms with Gasteiger partial charge in [-0.25, -0.2) is 9.97 Å². The quantitative estimate of drug-likeness (QED) is 0.195. The summed E-state index contributed by atoms with van der Waals surface area (Å²) in [6, 6.07) is 9.58. The summed E-state index contributed by atoms with van der Waals surface area (Å²) in [4.78, 5) is 34.3. The van der Waals surface area contributed by atoms with E-state index >= 15 is 0 Å². The summed E-state index contributed by atoms with van der Waals surface area (Å²) in [7, 11) is 2.94. The molecule has 3 heterocycles. The third-order valence-corrected chi connectivity index (χ3v) is 5.48. The van der Waals surface area contributed by atoms with Gasteiger partial charge in [0.2, 0.25) is 0 Å². The lowest BCUT2D eigenvalue weighted by atomic mass is 10.2. The number of aliphatic imine (C=N–C) groups is 1. The highest BCUT2D eigenvalue weighted by molar-refractivity contribution is 7.22. The number of thiazole rings is 1. The number of aromatic nitrogens is 3. The topological polar surface area (TPSA) is 135 Å². The van der Waals surface area contributed by atoms with Gasteiger partial charge in [0, 0.05) is 32.5 Å². The summed E-state index contributed by atoms with van der Waals surface area (Å²) >= 11 is 1.53. The number of hydrogen-bond acceptors (Lipinski definition) is 9. The number of carbonyl (C=O) groups excluding carboxylic acids is 2. The molecule has 0 aliphatic carbocycles. The summed E-state index contributed by atoms with van der Waals surface area (Å²) in [6.07, 6.45) is 10.6. The number of nitrogens with two attached hydrogens (primary N) is 1. The monoisotopic (exact) mass is 492 g/mol. The van der Waals surface area contributed by atoms with E-state index in [-0.39, 0.29) is 0 Å². The van der Waals surface area contributed by atoms with Crippen LogP contribution in [0.5, 0.6) is 0 Å². The van der Waals surface area contributed by atoms with Crippen LogP contribution in [0.4, 0.5) is 5.13 Å². The number of carbonyl (C=O) groups is 2. The minimum atomic E-state index is 0.458. The van der Waals surface area contributed by atoms with Gasteiger partial charge in [-0.2, -0.15) is 0 Å². The molecule has 10 heteroatoms. The Bertz CT molecular complexity index is 1340. The van der Waals surface area contributed by atoms with E-state index in [1.807, 2.05) is 19.2 Å². The number of allylic oxidation sites excluding steroid dienone is 3. The first-order valence-electron chi connectivity index (χ1n) is 10.5. The van der Waals surface area contributed by atoms with Crippen molar-refractivity contribution in [2.24, 2.45) is 4.99 Å². The fraction of sp³-hybridized carbons (Fsp3) is 0.160. The lowest BCUT2D eigenvalue weighted by molar-refractivity contribution is 0.111. The number of aliphatic hydroxyl groups excluding tert-OH is 1. The number of nitrogens with zero attached hydrogens (tertiary/aromatic N) is 4. The number of imidazole rings is 1.